The Labute approximate surface area is 152 Å². The van der Waals surface area contributed by atoms with Crippen molar-refractivity contribution >= 4 is 16.9 Å². The summed E-state index contributed by atoms with van der Waals surface area (Å²) < 4.78 is 13.1. The summed E-state index contributed by atoms with van der Waals surface area (Å²) in [6.07, 6.45) is 5.37. The second-order valence-corrected chi connectivity index (χ2v) is 7.06. The fourth-order valence-corrected chi connectivity index (χ4v) is 3.98. The molecule has 2 atom stereocenters. The molecule has 134 valence electrons. The quantitative estimate of drug-likeness (QED) is 0.761. The minimum absolute atomic E-state index is 0.0526. The van der Waals surface area contributed by atoms with Crippen molar-refractivity contribution in [2.24, 2.45) is 0 Å². The zero-order chi connectivity index (χ0) is 18.1. The van der Waals surface area contributed by atoms with Crippen LogP contribution in [-0.4, -0.2) is 32.9 Å². The standard InChI is InChI=1S/C21H22FN3O/c1-14-5-11-17(12-8-15-6-9-16(22)10-7-15)25(14)21(26)18-3-2-4-19-20(18)24-13-23-19/h2-4,6-7,9-10,13-14,17H,5,8,11-12H2,1H3,(H,23,24)/t14-,17-/m1/s1. The third-order valence-electron chi connectivity index (χ3n) is 5.38. The molecule has 1 saturated heterocycles. The minimum atomic E-state index is -0.216. The number of nitrogens with zero attached hydrogens (tertiary/aromatic N) is 2. The van der Waals surface area contributed by atoms with E-state index in [1.807, 2.05) is 35.2 Å². The Bertz CT molecular complexity index is 918. The van der Waals surface area contributed by atoms with Gasteiger partial charge >= 0.3 is 0 Å². The first kappa shape index (κ1) is 16.8. The van der Waals surface area contributed by atoms with E-state index in [9.17, 15) is 9.18 Å². The predicted molar refractivity (Wildman–Crippen MR) is 99.5 cm³/mol. The highest BCUT2D eigenvalue weighted by atomic mass is 19.1. The summed E-state index contributed by atoms with van der Waals surface area (Å²) in [7, 11) is 0. The van der Waals surface area contributed by atoms with Crippen molar-refractivity contribution in [3.05, 3.63) is 65.7 Å². The van der Waals surface area contributed by atoms with E-state index in [0.717, 1.165) is 42.3 Å². The number of aromatic nitrogens is 2. The summed E-state index contributed by atoms with van der Waals surface area (Å²) in [6.45, 7) is 2.11. The van der Waals surface area contributed by atoms with Gasteiger partial charge in [0.1, 0.15) is 11.3 Å². The fourth-order valence-electron chi connectivity index (χ4n) is 3.98. The molecular formula is C21H22FN3O. The van der Waals surface area contributed by atoms with Crippen LogP contribution >= 0.6 is 0 Å². The number of hydrogen-bond acceptors (Lipinski definition) is 2. The lowest BCUT2D eigenvalue weighted by Crippen LogP contribution is -2.40. The van der Waals surface area contributed by atoms with Gasteiger partial charge in [0.2, 0.25) is 0 Å². The van der Waals surface area contributed by atoms with Gasteiger partial charge in [-0.3, -0.25) is 4.79 Å². The van der Waals surface area contributed by atoms with Crippen molar-refractivity contribution in [1.29, 1.82) is 0 Å². The number of H-pyrrole nitrogens is 1. The molecule has 1 aliphatic heterocycles. The molecule has 1 N–H and O–H groups in total. The number of hydrogen-bond donors (Lipinski definition) is 1. The van der Waals surface area contributed by atoms with Gasteiger partial charge in [0.15, 0.2) is 0 Å². The van der Waals surface area contributed by atoms with Gasteiger partial charge in [-0.2, -0.15) is 0 Å². The summed E-state index contributed by atoms with van der Waals surface area (Å²) in [5, 5.41) is 0. The molecule has 1 aliphatic rings. The number of amides is 1. The normalized spacial score (nSPS) is 20.0. The van der Waals surface area contributed by atoms with E-state index in [1.165, 1.54) is 12.1 Å². The first-order valence-electron chi connectivity index (χ1n) is 9.12. The zero-order valence-corrected chi connectivity index (χ0v) is 14.8. The second kappa shape index (κ2) is 6.90. The number of halogens is 1. The van der Waals surface area contributed by atoms with Crippen LogP contribution in [0.3, 0.4) is 0 Å². The molecule has 2 aromatic carbocycles. The third kappa shape index (κ3) is 3.09. The molecule has 0 spiro atoms. The van der Waals surface area contributed by atoms with Crippen LogP contribution in [0.25, 0.3) is 11.0 Å². The highest BCUT2D eigenvalue weighted by Crippen LogP contribution is 2.30. The number of carbonyl (C=O) groups is 1. The molecule has 26 heavy (non-hydrogen) atoms. The maximum absolute atomic E-state index is 13.3. The van der Waals surface area contributed by atoms with Crippen molar-refractivity contribution in [3.63, 3.8) is 0 Å². The summed E-state index contributed by atoms with van der Waals surface area (Å²) in [4.78, 5) is 22.7. The van der Waals surface area contributed by atoms with Crippen LogP contribution in [-0.2, 0) is 6.42 Å². The molecule has 1 aromatic heterocycles. The van der Waals surface area contributed by atoms with Crippen molar-refractivity contribution < 1.29 is 9.18 Å². The Morgan fingerprint density at radius 2 is 2.04 bits per heavy atom. The van der Waals surface area contributed by atoms with Crippen molar-refractivity contribution in [2.75, 3.05) is 0 Å². The monoisotopic (exact) mass is 351 g/mol. The van der Waals surface area contributed by atoms with E-state index in [0.29, 0.717) is 5.56 Å². The number of likely N-dealkylation sites (tertiary alicyclic amines) is 1. The largest absolute Gasteiger partial charge is 0.345 e. The number of para-hydroxylation sites is 1. The second-order valence-electron chi connectivity index (χ2n) is 7.06. The van der Waals surface area contributed by atoms with Gasteiger partial charge in [-0.1, -0.05) is 18.2 Å². The molecule has 0 bridgehead atoms. The van der Waals surface area contributed by atoms with Crippen LogP contribution in [0.5, 0.6) is 0 Å². The van der Waals surface area contributed by atoms with Crippen LogP contribution in [0.1, 0.15) is 42.1 Å². The predicted octanol–water partition coefficient (Wildman–Crippen LogP) is 4.33. The van der Waals surface area contributed by atoms with Crippen LogP contribution in [0.15, 0.2) is 48.8 Å². The van der Waals surface area contributed by atoms with Gasteiger partial charge in [0.05, 0.1) is 17.4 Å². The van der Waals surface area contributed by atoms with Gasteiger partial charge in [0.25, 0.3) is 5.91 Å². The van der Waals surface area contributed by atoms with Gasteiger partial charge in [-0.15, -0.1) is 0 Å². The van der Waals surface area contributed by atoms with E-state index >= 15 is 0 Å². The lowest BCUT2D eigenvalue weighted by atomic mass is 10.0. The molecule has 1 fully saturated rings. The van der Waals surface area contributed by atoms with Crippen LogP contribution < -0.4 is 0 Å². The first-order valence-corrected chi connectivity index (χ1v) is 9.12. The molecular weight excluding hydrogens is 329 g/mol. The maximum atomic E-state index is 13.3. The molecule has 4 nitrogen and oxygen atoms in total. The SMILES string of the molecule is C[C@@H]1CC[C@H](CCc2ccc(F)cc2)N1C(=O)c1cccc2[nH]cnc12. The molecule has 3 aromatic rings. The number of fused-ring (bicyclic) bond motifs is 1. The Morgan fingerprint density at radius 1 is 1.23 bits per heavy atom. The number of aromatic amines is 1. The number of rotatable bonds is 4. The Kier molecular flexibility index (Phi) is 4.45. The smallest absolute Gasteiger partial charge is 0.256 e. The first-order chi connectivity index (χ1) is 12.6. The molecule has 1 amide bonds. The summed E-state index contributed by atoms with van der Waals surface area (Å²) >= 11 is 0. The number of imidazole rings is 1. The van der Waals surface area contributed by atoms with Crippen molar-refractivity contribution in [1.82, 2.24) is 14.9 Å². The Morgan fingerprint density at radius 3 is 2.85 bits per heavy atom. The van der Waals surface area contributed by atoms with E-state index in [2.05, 4.69) is 16.9 Å². The Balaban J connectivity index is 1.54. The average molecular weight is 351 g/mol. The fraction of sp³-hybridized carbons (Fsp3) is 0.333. The lowest BCUT2D eigenvalue weighted by molar-refractivity contribution is 0.0674. The third-order valence-corrected chi connectivity index (χ3v) is 5.38. The van der Waals surface area contributed by atoms with Crippen LogP contribution in [0.4, 0.5) is 4.39 Å². The van der Waals surface area contributed by atoms with Crippen LogP contribution in [0, 0.1) is 5.82 Å². The van der Waals surface area contributed by atoms with E-state index < -0.39 is 0 Å². The number of benzene rings is 2. The van der Waals surface area contributed by atoms with Crippen LogP contribution in [0.2, 0.25) is 0 Å². The summed E-state index contributed by atoms with van der Waals surface area (Å²) in [5.74, 6) is -0.163. The number of carbonyl (C=O) groups excluding carboxylic acids is 1. The van der Waals surface area contributed by atoms with E-state index in [1.54, 1.807) is 6.33 Å². The molecule has 0 unspecified atom stereocenters. The molecule has 2 heterocycles. The lowest BCUT2D eigenvalue weighted by Gasteiger charge is -2.29. The van der Waals surface area contributed by atoms with Crippen molar-refractivity contribution in [2.45, 2.75) is 44.7 Å². The molecule has 4 rings (SSSR count). The molecule has 0 aliphatic carbocycles. The highest BCUT2D eigenvalue weighted by molar-refractivity contribution is 6.05. The van der Waals surface area contributed by atoms with E-state index in [4.69, 9.17) is 0 Å². The zero-order valence-electron chi connectivity index (χ0n) is 14.8. The minimum Gasteiger partial charge on any atom is -0.345 e. The van der Waals surface area contributed by atoms with Gasteiger partial charge in [0, 0.05) is 12.1 Å². The number of nitrogens with one attached hydrogen (secondary N) is 1. The molecule has 0 saturated carbocycles. The van der Waals surface area contributed by atoms with Gasteiger partial charge in [-0.25, -0.2) is 9.37 Å². The topological polar surface area (TPSA) is 49.0 Å². The highest BCUT2D eigenvalue weighted by Gasteiger charge is 2.35. The summed E-state index contributed by atoms with van der Waals surface area (Å²) in [6, 6.07) is 12.7. The van der Waals surface area contributed by atoms with E-state index in [-0.39, 0.29) is 23.8 Å². The number of aryl methyl sites for hydroxylation is 1. The van der Waals surface area contributed by atoms with Gasteiger partial charge < -0.3 is 9.88 Å². The Hall–Kier alpha value is -2.69. The molecule has 0 radical (unpaired) electrons. The van der Waals surface area contributed by atoms with Gasteiger partial charge in [-0.05, 0) is 62.4 Å². The average Bonchev–Trinajstić information content (AvgIpc) is 3.27. The summed E-state index contributed by atoms with van der Waals surface area (Å²) in [5.41, 5.74) is 3.37. The van der Waals surface area contributed by atoms with Crippen molar-refractivity contribution in [3.8, 4) is 0 Å². The maximum Gasteiger partial charge on any atom is 0.256 e. The molecule has 5 heteroatoms.